The average molecular weight is 288 g/mol. The van der Waals surface area contributed by atoms with E-state index in [4.69, 9.17) is 0 Å². The average Bonchev–Trinajstić information content (AvgIpc) is 2.86. The molecule has 0 radical (unpaired) electrons. The lowest BCUT2D eigenvalue weighted by Gasteiger charge is -2.22. The zero-order chi connectivity index (χ0) is 13.7. The summed E-state index contributed by atoms with van der Waals surface area (Å²) < 4.78 is 0. The highest BCUT2D eigenvalue weighted by molar-refractivity contribution is 7.09. The topological polar surface area (TPSA) is 42.0 Å². The Balaban J connectivity index is 1.48. The van der Waals surface area contributed by atoms with Crippen molar-refractivity contribution in [1.82, 2.24) is 10.3 Å². The van der Waals surface area contributed by atoms with Gasteiger partial charge in [-0.1, -0.05) is 12.2 Å². The Hall–Kier alpha value is -1.16. The Morgan fingerprint density at radius 2 is 2.25 bits per heavy atom. The second-order valence-corrected chi connectivity index (χ2v) is 7.43. The number of fused-ring (bicyclic) bond motifs is 2. The van der Waals surface area contributed by atoms with Crippen LogP contribution in [0.3, 0.4) is 0 Å². The van der Waals surface area contributed by atoms with E-state index in [-0.39, 0.29) is 17.9 Å². The SMILES string of the molecule is Cc1csc([C@H](NC(=O)[C@H]2C[C@@H]3C=C[C@@H]2C3)C2CC2)n1. The van der Waals surface area contributed by atoms with Crippen molar-refractivity contribution in [3.63, 3.8) is 0 Å². The number of amides is 1. The van der Waals surface area contributed by atoms with Crippen molar-refractivity contribution >= 4 is 17.2 Å². The van der Waals surface area contributed by atoms with Crippen LogP contribution in [0, 0.1) is 30.6 Å². The van der Waals surface area contributed by atoms with E-state index in [1.807, 2.05) is 6.92 Å². The number of rotatable bonds is 4. The lowest BCUT2D eigenvalue weighted by atomic mass is 9.92. The summed E-state index contributed by atoms with van der Waals surface area (Å²) in [5.74, 6) is 2.20. The van der Waals surface area contributed by atoms with Crippen molar-refractivity contribution in [3.05, 3.63) is 28.2 Å². The molecule has 1 aromatic heterocycles. The maximum absolute atomic E-state index is 12.6. The molecule has 4 rings (SSSR count). The minimum Gasteiger partial charge on any atom is -0.346 e. The van der Waals surface area contributed by atoms with Crippen molar-refractivity contribution in [2.75, 3.05) is 0 Å². The molecule has 1 amide bonds. The van der Waals surface area contributed by atoms with Crippen LogP contribution >= 0.6 is 11.3 Å². The zero-order valence-corrected chi connectivity index (χ0v) is 12.5. The van der Waals surface area contributed by atoms with E-state index in [1.54, 1.807) is 11.3 Å². The molecule has 2 saturated carbocycles. The van der Waals surface area contributed by atoms with Gasteiger partial charge in [0.25, 0.3) is 0 Å². The van der Waals surface area contributed by atoms with Gasteiger partial charge < -0.3 is 5.32 Å². The predicted molar refractivity (Wildman–Crippen MR) is 79.3 cm³/mol. The molecule has 3 aliphatic carbocycles. The number of aromatic nitrogens is 1. The van der Waals surface area contributed by atoms with Crippen LogP contribution in [0.25, 0.3) is 0 Å². The van der Waals surface area contributed by atoms with E-state index in [0.29, 0.717) is 17.8 Å². The van der Waals surface area contributed by atoms with Gasteiger partial charge in [-0.2, -0.15) is 0 Å². The van der Waals surface area contributed by atoms with Gasteiger partial charge in [-0.3, -0.25) is 4.79 Å². The van der Waals surface area contributed by atoms with Crippen molar-refractivity contribution in [2.24, 2.45) is 23.7 Å². The number of nitrogens with zero attached hydrogens (tertiary/aromatic N) is 1. The fraction of sp³-hybridized carbons (Fsp3) is 0.625. The molecule has 2 fully saturated rings. The number of allylic oxidation sites excluding steroid dienone is 2. The van der Waals surface area contributed by atoms with Gasteiger partial charge in [-0.05, 0) is 50.4 Å². The van der Waals surface area contributed by atoms with E-state index in [1.165, 1.54) is 19.3 Å². The molecular weight excluding hydrogens is 268 g/mol. The van der Waals surface area contributed by atoms with Crippen molar-refractivity contribution in [2.45, 2.75) is 38.6 Å². The number of carbonyl (C=O) groups excluding carboxylic acids is 1. The molecular formula is C16H20N2OS. The van der Waals surface area contributed by atoms with Gasteiger partial charge in [0.1, 0.15) is 5.01 Å². The summed E-state index contributed by atoms with van der Waals surface area (Å²) in [5, 5.41) is 6.49. The largest absolute Gasteiger partial charge is 0.346 e. The number of thiazole rings is 1. The maximum Gasteiger partial charge on any atom is 0.224 e. The summed E-state index contributed by atoms with van der Waals surface area (Å²) in [5.41, 5.74) is 1.06. The summed E-state index contributed by atoms with van der Waals surface area (Å²) in [6, 6.07) is 0.157. The van der Waals surface area contributed by atoms with Crippen molar-refractivity contribution in [1.29, 1.82) is 0 Å². The van der Waals surface area contributed by atoms with Crippen molar-refractivity contribution < 1.29 is 4.79 Å². The molecule has 0 spiro atoms. The third kappa shape index (κ3) is 2.20. The van der Waals surface area contributed by atoms with E-state index in [2.05, 4.69) is 27.8 Å². The first-order chi connectivity index (χ1) is 9.70. The maximum atomic E-state index is 12.6. The highest BCUT2D eigenvalue weighted by Crippen LogP contribution is 2.45. The first kappa shape index (κ1) is 12.6. The Kier molecular flexibility index (Phi) is 2.95. The van der Waals surface area contributed by atoms with Crippen LogP contribution in [0.5, 0.6) is 0 Å². The van der Waals surface area contributed by atoms with E-state index >= 15 is 0 Å². The highest BCUT2D eigenvalue weighted by atomic mass is 32.1. The molecule has 3 aliphatic rings. The van der Waals surface area contributed by atoms with E-state index in [9.17, 15) is 4.79 Å². The third-order valence-corrected chi connectivity index (χ3v) is 5.96. The van der Waals surface area contributed by atoms with E-state index < -0.39 is 0 Å². The lowest BCUT2D eigenvalue weighted by Crippen LogP contribution is -2.36. The second kappa shape index (κ2) is 4.69. The molecule has 0 aliphatic heterocycles. The minimum atomic E-state index is 0.157. The molecule has 4 atom stereocenters. The van der Waals surface area contributed by atoms with Crippen LogP contribution in [0.1, 0.15) is 42.4 Å². The van der Waals surface area contributed by atoms with Gasteiger partial charge in [-0.15, -0.1) is 11.3 Å². The molecule has 106 valence electrons. The smallest absolute Gasteiger partial charge is 0.224 e. The Labute approximate surface area is 123 Å². The summed E-state index contributed by atoms with van der Waals surface area (Å²) in [6.45, 7) is 2.02. The van der Waals surface area contributed by atoms with Gasteiger partial charge in [0.2, 0.25) is 5.91 Å². The minimum absolute atomic E-state index is 0.157. The number of aryl methyl sites for hydroxylation is 1. The predicted octanol–water partition coefficient (Wildman–Crippen LogP) is 3.23. The Bertz CT molecular complexity index is 561. The van der Waals surface area contributed by atoms with Crippen LogP contribution in [-0.4, -0.2) is 10.9 Å². The fourth-order valence-corrected chi connectivity index (χ4v) is 4.61. The molecule has 1 N–H and O–H groups in total. The normalized spacial score (nSPS) is 32.5. The highest BCUT2D eigenvalue weighted by Gasteiger charge is 2.42. The molecule has 3 nitrogen and oxygen atoms in total. The van der Waals surface area contributed by atoms with Crippen LogP contribution in [-0.2, 0) is 4.79 Å². The monoisotopic (exact) mass is 288 g/mol. The fourth-order valence-electron chi connectivity index (χ4n) is 3.67. The number of hydrogen-bond acceptors (Lipinski definition) is 3. The molecule has 1 heterocycles. The van der Waals surface area contributed by atoms with Crippen molar-refractivity contribution in [3.8, 4) is 0 Å². The number of nitrogens with one attached hydrogen (secondary N) is 1. The molecule has 1 aromatic rings. The summed E-state index contributed by atoms with van der Waals surface area (Å²) >= 11 is 1.69. The molecule has 4 heteroatoms. The molecule has 0 saturated heterocycles. The van der Waals surface area contributed by atoms with Crippen LogP contribution in [0.2, 0.25) is 0 Å². The molecule has 2 bridgehead atoms. The Morgan fingerprint density at radius 1 is 1.40 bits per heavy atom. The first-order valence-electron chi connectivity index (χ1n) is 7.61. The van der Waals surface area contributed by atoms with E-state index in [0.717, 1.165) is 17.1 Å². The lowest BCUT2D eigenvalue weighted by molar-refractivity contribution is -0.126. The van der Waals surface area contributed by atoms with Gasteiger partial charge in [0, 0.05) is 17.0 Å². The van der Waals surface area contributed by atoms with Crippen LogP contribution in [0.4, 0.5) is 0 Å². The second-order valence-electron chi connectivity index (χ2n) is 6.54. The Morgan fingerprint density at radius 3 is 2.80 bits per heavy atom. The quantitative estimate of drug-likeness (QED) is 0.864. The summed E-state index contributed by atoms with van der Waals surface area (Å²) in [7, 11) is 0. The first-order valence-corrected chi connectivity index (χ1v) is 8.49. The summed E-state index contributed by atoms with van der Waals surface area (Å²) in [4.78, 5) is 17.2. The standard InChI is InChI=1S/C16H20N2OS/c1-9-8-20-16(17-9)14(11-4-5-11)18-15(19)13-7-10-2-3-12(13)6-10/h2-3,8,10-14H,4-7H2,1H3,(H,18,19)/t10-,12-,13+,14-/m1/s1. The molecule has 0 aromatic carbocycles. The number of hydrogen-bond donors (Lipinski definition) is 1. The zero-order valence-electron chi connectivity index (χ0n) is 11.7. The van der Waals surface area contributed by atoms with Gasteiger partial charge >= 0.3 is 0 Å². The van der Waals surface area contributed by atoms with Crippen LogP contribution in [0.15, 0.2) is 17.5 Å². The number of carbonyl (C=O) groups is 1. The summed E-state index contributed by atoms with van der Waals surface area (Å²) in [6.07, 6.45) is 9.21. The molecule has 0 unspecified atom stereocenters. The van der Waals surface area contributed by atoms with Gasteiger partial charge in [0.05, 0.1) is 6.04 Å². The van der Waals surface area contributed by atoms with Gasteiger partial charge in [0.15, 0.2) is 0 Å². The van der Waals surface area contributed by atoms with Crippen LogP contribution < -0.4 is 5.32 Å². The molecule has 20 heavy (non-hydrogen) atoms. The third-order valence-electron chi connectivity index (χ3n) is 4.91. The van der Waals surface area contributed by atoms with Gasteiger partial charge in [-0.25, -0.2) is 4.98 Å².